The van der Waals surface area contributed by atoms with Crippen LogP contribution in [0.3, 0.4) is 0 Å². The van der Waals surface area contributed by atoms with E-state index < -0.39 is 33.4 Å². The molecule has 0 radical (unpaired) electrons. The number of rotatable bonds is 7. The van der Waals surface area contributed by atoms with Crippen LogP contribution in [-0.2, 0) is 14.8 Å². The molecule has 2 N–H and O–H groups in total. The van der Waals surface area contributed by atoms with Crippen molar-refractivity contribution in [3.8, 4) is 0 Å². The number of ether oxygens (including phenoxy) is 1. The van der Waals surface area contributed by atoms with Gasteiger partial charge < -0.3 is 15.2 Å². The molecule has 30 heavy (non-hydrogen) atoms. The summed E-state index contributed by atoms with van der Waals surface area (Å²) in [5.74, 6) is 0. The molecule has 0 spiro atoms. The molecule has 8 heteroatoms. The predicted molar refractivity (Wildman–Crippen MR) is 117 cm³/mol. The van der Waals surface area contributed by atoms with Crippen molar-refractivity contribution < 1.29 is 23.1 Å². The Morgan fingerprint density at radius 2 is 1.77 bits per heavy atom. The molecule has 7 nitrogen and oxygen atoms in total. The Balaban J connectivity index is 2.22. The van der Waals surface area contributed by atoms with Gasteiger partial charge in [0.2, 0.25) is 10.0 Å². The minimum atomic E-state index is -3.79. The minimum absolute atomic E-state index is 0.0544. The summed E-state index contributed by atoms with van der Waals surface area (Å²) in [6, 6.07) is 6.06. The van der Waals surface area contributed by atoms with Crippen LogP contribution in [0.5, 0.6) is 0 Å². The first-order valence-corrected chi connectivity index (χ1v) is 12.0. The average molecular weight is 441 g/mol. The van der Waals surface area contributed by atoms with Gasteiger partial charge in [-0.25, -0.2) is 13.2 Å². The summed E-state index contributed by atoms with van der Waals surface area (Å²) in [5.41, 5.74) is -0.618. The zero-order chi connectivity index (χ0) is 22.6. The summed E-state index contributed by atoms with van der Waals surface area (Å²) in [6.45, 7) is 7.25. The zero-order valence-corrected chi connectivity index (χ0v) is 19.6. The van der Waals surface area contributed by atoms with E-state index in [1.165, 1.54) is 11.4 Å². The van der Waals surface area contributed by atoms with Crippen LogP contribution in [0.2, 0.25) is 0 Å². The van der Waals surface area contributed by atoms with E-state index in [2.05, 4.69) is 5.32 Å². The first-order chi connectivity index (χ1) is 13.8. The summed E-state index contributed by atoms with van der Waals surface area (Å²) >= 11 is 0. The van der Waals surface area contributed by atoms with Gasteiger partial charge in [-0.05, 0) is 59.1 Å². The van der Waals surface area contributed by atoms with E-state index >= 15 is 0 Å². The van der Waals surface area contributed by atoms with E-state index in [1.54, 1.807) is 45.0 Å². The van der Waals surface area contributed by atoms with Crippen LogP contribution < -0.4 is 5.32 Å². The molecule has 1 unspecified atom stereocenters. The monoisotopic (exact) mass is 440 g/mol. The standard InChI is InChI=1S/C22H36N2O5S/c1-17-9-11-19(12-10-17)30(27,28)24(5)18(15-22(26)13-7-6-8-14-22)16-23-20(25)29-21(2,3)4/h9-12,18,26H,6-8,13-16H2,1-5H3,(H,23,25). The van der Waals surface area contributed by atoms with Crippen LogP contribution in [-0.4, -0.2) is 54.8 Å². The van der Waals surface area contributed by atoms with Crippen LogP contribution in [0, 0.1) is 6.92 Å². The third-order valence-corrected chi connectivity index (χ3v) is 7.42. The highest BCUT2D eigenvalue weighted by atomic mass is 32.2. The molecule has 1 aliphatic carbocycles. The van der Waals surface area contributed by atoms with Crippen LogP contribution in [0.4, 0.5) is 4.79 Å². The second kappa shape index (κ2) is 9.66. The van der Waals surface area contributed by atoms with Crippen LogP contribution in [0.1, 0.15) is 64.9 Å². The number of carbonyl (C=O) groups is 1. The molecule has 1 aromatic carbocycles. The average Bonchev–Trinajstić information content (AvgIpc) is 2.64. The van der Waals surface area contributed by atoms with Gasteiger partial charge in [0.05, 0.1) is 10.5 Å². The Morgan fingerprint density at radius 1 is 1.20 bits per heavy atom. The van der Waals surface area contributed by atoms with Crippen molar-refractivity contribution in [3.05, 3.63) is 29.8 Å². The molecule has 1 fully saturated rings. The molecule has 170 valence electrons. The third kappa shape index (κ3) is 6.96. The van der Waals surface area contributed by atoms with Crippen molar-refractivity contribution in [2.75, 3.05) is 13.6 Å². The number of likely N-dealkylation sites (N-methyl/N-ethyl adjacent to an activating group) is 1. The fourth-order valence-electron chi connectivity index (χ4n) is 3.77. The maximum atomic E-state index is 13.2. The smallest absolute Gasteiger partial charge is 0.407 e. The molecule has 0 aliphatic heterocycles. The molecule has 0 aromatic heterocycles. The van der Waals surface area contributed by atoms with Crippen molar-refractivity contribution in [2.24, 2.45) is 0 Å². The van der Waals surface area contributed by atoms with E-state index in [9.17, 15) is 18.3 Å². The van der Waals surface area contributed by atoms with Gasteiger partial charge in [0.15, 0.2) is 0 Å². The Bertz CT molecular complexity index is 809. The van der Waals surface area contributed by atoms with Gasteiger partial charge in [-0.3, -0.25) is 0 Å². The third-order valence-electron chi connectivity index (χ3n) is 5.49. The van der Waals surface area contributed by atoms with Crippen molar-refractivity contribution in [1.82, 2.24) is 9.62 Å². The summed E-state index contributed by atoms with van der Waals surface area (Å²) in [6.07, 6.45) is 3.81. The first kappa shape index (κ1) is 24.6. The topological polar surface area (TPSA) is 95.9 Å². The molecule has 0 saturated heterocycles. The van der Waals surface area contributed by atoms with Gasteiger partial charge in [0, 0.05) is 19.6 Å². The molecule has 1 atom stereocenters. The van der Waals surface area contributed by atoms with Crippen molar-refractivity contribution in [2.45, 2.75) is 88.4 Å². The number of alkyl carbamates (subject to hydrolysis) is 1. The Kier molecular flexibility index (Phi) is 7.93. The number of nitrogens with zero attached hydrogens (tertiary/aromatic N) is 1. The second-order valence-electron chi connectivity index (χ2n) is 9.36. The highest BCUT2D eigenvalue weighted by Crippen LogP contribution is 2.33. The van der Waals surface area contributed by atoms with Crippen molar-refractivity contribution >= 4 is 16.1 Å². The summed E-state index contributed by atoms with van der Waals surface area (Å²) in [5, 5.41) is 13.7. The van der Waals surface area contributed by atoms with Crippen molar-refractivity contribution in [3.63, 3.8) is 0 Å². The quantitative estimate of drug-likeness (QED) is 0.675. The SMILES string of the molecule is Cc1ccc(S(=O)(=O)N(C)C(CNC(=O)OC(C)(C)C)CC2(O)CCCCC2)cc1. The summed E-state index contributed by atoms with van der Waals surface area (Å²) < 4.78 is 33.0. The number of benzene rings is 1. The number of aliphatic hydroxyl groups is 1. The maximum Gasteiger partial charge on any atom is 0.407 e. The highest BCUT2D eigenvalue weighted by molar-refractivity contribution is 7.89. The molecule has 1 aliphatic rings. The van der Waals surface area contributed by atoms with Gasteiger partial charge in [-0.2, -0.15) is 4.31 Å². The number of sulfonamides is 1. The molecule has 1 amide bonds. The number of carbonyl (C=O) groups excluding carboxylic acids is 1. The van der Waals surface area contributed by atoms with E-state index in [0.717, 1.165) is 24.8 Å². The largest absolute Gasteiger partial charge is 0.444 e. The number of amides is 1. The normalized spacial score (nSPS) is 18.1. The first-order valence-electron chi connectivity index (χ1n) is 10.6. The zero-order valence-electron chi connectivity index (χ0n) is 18.8. The fraction of sp³-hybridized carbons (Fsp3) is 0.682. The minimum Gasteiger partial charge on any atom is -0.444 e. The van der Waals surface area contributed by atoms with Crippen LogP contribution in [0.25, 0.3) is 0 Å². The molecular formula is C22H36N2O5S. The lowest BCUT2D eigenvalue weighted by atomic mass is 9.80. The Hall–Kier alpha value is -1.64. The van der Waals surface area contributed by atoms with Crippen LogP contribution in [0.15, 0.2) is 29.2 Å². The van der Waals surface area contributed by atoms with Gasteiger partial charge in [-0.15, -0.1) is 0 Å². The van der Waals surface area contributed by atoms with E-state index in [0.29, 0.717) is 12.8 Å². The van der Waals surface area contributed by atoms with Crippen LogP contribution >= 0.6 is 0 Å². The van der Waals surface area contributed by atoms with E-state index in [1.807, 2.05) is 6.92 Å². The highest BCUT2D eigenvalue weighted by Gasteiger charge is 2.37. The number of nitrogens with one attached hydrogen (secondary N) is 1. The Labute approximate surface area is 180 Å². The maximum absolute atomic E-state index is 13.2. The van der Waals surface area contributed by atoms with E-state index in [4.69, 9.17) is 4.74 Å². The lowest BCUT2D eigenvalue weighted by molar-refractivity contribution is -0.0181. The van der Waals surface area contributed by atoms with Gasteiger partial charge in [0.25, 0.3) is 0 Å². The summed E-state index contributed by atoms with van der Waals surface area (Å²) in [4.78, 5) is 12.3. The lowest BCUT2D eigenvalue weighted by Crippen LogP contribution is -2.50. The fourth-order valence-corrected chi connectivity index (χ4v) is 5.12. The van der Waals surface area contributed by atoms with Gasteiger partial charge in [-0.1, -0.05) is 37.0 Å². The van der Waals surface area contributed by atoms with E-state index in [-0.39, 0.29) is 17.9 Å². The lowest BCUT2D eigenvalue weighted by Gasteiger charge is -2.38. The predicted octanol–water partition coefficient (Wildman–Crippen LogP) is 3.59. The number of hydrogen-bond acceptors (Lipinski definition) is 5. The molecule has 1 saturated carbocycles. The van der Waals surface area contributed by atoms with Gasteiger partial charge in [0.1, 0.15) is 5.60 Å². The van der Waals surface area contributed by atoms with Gasteiger partial charge >= 0.3 is 6.09 Å². The number of hydrogen-bond donors (Lipinski definition) is 2. The van der Waals surface area contributed by atoms with Crippen molar-refractivity contribution in [1.29, 1.82) is 0 Å². The molecule has 0 heterocycles. The molecule has 2 rings (SSSR count). The number of aryl methyl sites for hydroxylation is 1. The summed E-state index contributed by atoms with van der Waals surface area (Å²) in [7, 11) is -2.28. The molecule has 0 bridgehead atoms. The molecule has 1 aromatic rings. The molecular weight excluding hydrogens is 404 g/mol. The second-order valence-corrected chi connectivity index (χ2v) is 11.4. The Morgan fingerprint density at radius 3 is 2.30 bits per heavy atom.